The SMILES string of the molecule is CNc1ncc(F)c(N(CCO)C2CCCCC2)n1. The van der Waals surface area contributed by atoms with E-state index < -0.39 is 5.82 Å². The molecule has 0 aromatic carbocycles. The predicted octanol–water partition coefficient (Wildman–Crippen LogP) is 1.79. The number of halogens is 1. The Balaban J connectivity index is 2.26. The minimum atomic E-state index is -0.432. The Bertz CT molecular complexity index is 410. The van der Waals surface area contributed by atoms with Gasteiger partial charge in [0.05, 0.1) is 12.8 Å². The molecule has 1 saturated carbocycles. The van der Waals surface area contributed by atoms with Crippen LogP contribution < -0.4 is 10.2 Å². The highest BCUT2D eigenvalue weighted by atomic mass is 19.1. The summed E-state index contributed by atoms with van der Waals surface area (Å²) in [6.45, 7) is 0.399. The average Bonchev–Trinajstić information content (AvgIpc) is 2.47. The van der Waals surface area contributed by atoms with E-state index in [0.717, 1.165) is 25.7 Å². The minimum absolute atomic E-state index is 0.00513. The zero-order valence-corrected chi connectivity index (χ0v) is 11.3. The third-order valence-electron chi connectivity index (χ3n) is 3.58. The summed E-state index contributed by atoms with van der Waals surface area (Å²) in [5, 5.41) is 12.0. The smallest absolute Gasteiger partial charge is 0.224 e. The van der Waals surface area contributed by atoms with Gasteiger partial charge in [-0.25, -0.2) is 9.37 Å². The van der Waals surface area contributed by atoms with Crippen LogP contribution >= 0.6 is 0 Å². The number of hydrogen-bond donors (Lipinski definition) is 2. The Kier molecular flexibility index (Phi) is 4.90. The van der Waals surface area contributed by atoms with E-state index in [1.807, 2.05) is 4.90 Å². The van der Waals surface area contributed by atoms with Crippen LogP contribution in [-0.4, -0.2) is 41.3 Å². The van der Waals surface area contributed by atoms with Gasteiger partial charge in [0, 0.05) is 19.6 Å². The molecule has 0 radical (unpaired) electrons. The maximum Gasteiger partial charge on any atom is 0.224 e. The van der Waals surface area contributed by atoms with Gasteiger partial charge in [0.25, 0.3) is 0 Å². The number of hydrogen-bond acceptors (Lipinski definition) is 5. The first kappa shape index (κ1) is 14.0. The minimum Gasteiger partial charge on any atom is -0.395 e. The van der Waals surface area contributed by atoms with E-state index in [1.54, 1.807) is 7.05 Å². The second-order valence-corrected chi connectivity index (χ2v) is 4.82. The lowest BCUT2D eigenvalue weighted by atomic mass is 9.94. The maximum atomic E-state index is 14.0. The third kappa shape index (κ3) is 3.32. The quantitative estimate of drug-likeness (QED) is 0.852. The van der Waals surface area contributed by atoms with Crippen LogP contribution in [0.5, 0.6) is 0 Å². The number of anilines is 2. The van der Waals surface area contributed by atoms with Crippen molar-refractivity contribution in [3.05, 3.63) is 12.0 Å². The second kappa shape index (κ2) is 6.65. The normalized spacial score (nSPS) is 16.4. The van der Waals surface area contributed by atoms with Gasteiger partial charge in [-0.05, 0) is 12.8 Å². The fourth-order valence-electron chi connectivity index (χ4n) is 2.64. The Morgan fingerprint density at radius 2 is 2.16 bits per heavy atom. The van der Waals surface area contributed by atoms with Crippen LogP contribution in [0.2, 0.25) is 0 Å². The van der Waals surface area contributed by atoms with Crippen molar-refractivity contribution >= 4 is 11.8 Å². The van der Waals surface area contributed by atoms with E-state index in [1.165, 1.54) is 12.6 Å². The monoisotopic (exact) mass is 268 g/mol. The molecular weight excluding hydrogens is 247 g/mol. The molecule has 1 heterocycles. The number of nitrogens with one attached hydrogen (secondary N) is 1. The summed E-state index contributed by atoms with van der Waals surface area (Å²) in [5.74, 6) is 0.258. The van der Waals surface area contributed by atoms with Crippen molar-refractivity contribution < 1.29 is 9.50 Å². The molecule has 0 saturated heterocycles. The van der Waals surface area contributed by atoms with Crippen molar-refractivity contribution in [1.82, 2.24) is 9.97 Å². The molecule has 2 N–H and O–H groups in total. The van der Waals surface area contributed by atoms with Gasteiger partial charge in [0.1, 0.15) is 0 Å². The molecule has 0 bridgehead atoms. The molecule has 0 atom stereocenters. The molecule has 0 spiro atoms. The lowest BCUT2D eigenvalue weighted by Crippen LogP contribution is -2.40. The summed E-state index contributed by atoms with van der Waals surface area (Å²) in [6.07, 6.45) is 6.77. The molecule has 0 aliphatic heterocycles. The standard InChI is InChI=1S/C13H21FN4O/c1-15-13-16-9-11(14)12(17-13)18(7-8-19)10-5-3-2-4-6-10/h9-10,19H,2-8H2,1H3,(H,15,16,17). The lowest BCUT2D eigenvalue weighted by molar-refractivity contribution is 0.288. The molecule has 106 valence electrons. The highest BCUT2D eigenvalue weighted by molar-refractivity contribution is 5.44. The zero-order valence-electron chi connectivity index (χ0n) is 11.3. The fourth-order valence-corrected chi connectivity index (χ4v) is 2.64. The van der Waals surface area contributed by atoms with Crippen LogP contribution in [0.1, 0.15) is 32.1 Å². The van der Waals surface area contributed by atoms with Crippen molar-refractivity contribution in [3.63, 3.8) is 0 Å². The first-order chi connectivity index (χ1) is 9.26. The van der Waals surface area contributed by atoms with E-state index in [2.05, 4.69) is 15.3 Å². The van der Waals surface area contributed by atoms with Crippen molar-refractivity contribution in [2.24, 2.45) is 0 Å². The summed E-state index contributed by atoms with van der Waals surface area (Å²) < 4.78 is 14.0. The molecule has 1 aromatic heterocycles. The van der Waals surface area contributed by atoms with E-state index in [9.17, 15) is 9.50 Å². The summed E-state index contributed by atoms with van der Waals surface area (Å²) in [4.78, 5) is 9.95. The van der Waals surface area contributed by atoms with Crippen LogP contribution in [0.15, 0.2) is 6.20 Å². The third-order valence-corrected chi connectivity index (χ3v) is 3.58. The van der Waals surface area contributed by atoms with Gasteiger partial charge in [-0.2, -0.15) is 4.98 Å². The van der Waals surface area contributed by atoms with Crippen LogP contribution in [0.25, 0.3) is 0 Å². The molecule has 5 nitrogen and oxygen atoms in total. The molecule has 0 unspecified atom stereocenters. The highest BCUT2D eigenvalue weighted by Gasteiger charge is 2.24. The van der Waals surface area contributed by atoms with E-state index >= 15 is 0 Å². The van der Waals surface area contributed by atoms with Crippen LogP contribution in [-0.2, 0) is 0 Å². The Hall–Kier alpha value is -1.43. The molecule has 1 fully saturated rings. The molecule has 1 aliphatic rings. The fraction of sp³-hybridized carbons (Fsp3) is 0.692. The second-order valence-electron chi connectivity index (χ2n) is 4.82. The van der Waals surface area contributed by atoms with Crippen molar-refractivity contribution in [2.75, 3.05) is 30.4 Å². The van der Waals surface area contributed by atoms with Crippen LogP contribution in [0.4, 0.5) is 16.2 Å². The Labute approximate surface area is 112 Å². The highest BCUT2D eigenvalue weighted by Crippen LogP contribution is 2.27. The first-order valence-electron chi connectivity index (χ1n) is 6.84. The number of aliphatic hydroxyl groups excluding tert-OH is 1. The van der Waals surface area contributed by atoms with E-state index in [0.29, 0.717) is 18.3 Å². The van der Waals surface area contributed by atoms with Crippen molar-refractivity contribution in [3.8, 4) is 0 Å². The van der Waals surface area contributed by atoms with Crippen LogP contribution in [0.3, 0.4) is 0 Å². The lowest BCUT2D eigenvalue weighted by Gasteiger charge is -2.35. The number of nitrogens with zero attached hydrogens (tertiary/aromatic N) is 3. The van der Waals surface area contributed by atoms with E-state index in [-0.39, 0.29) is 12.6 Å². The largest absolute Gasteiger partial charge is 0.395 e. The number of rotatable bonds is 5. The molecule has 1 aliphatic carbocycles. The summed E-state index contributed by atoms with van der Waals surface area (Å²) in [5.41, 5.74) is 0. The predicted molar refractivity (Wildman–Crippen MR) is 72.8 cm³/mol. The van der Waals surface area contributed by atoms with Gasteiger partial charge in [0.15, 0.2) is 11.6 Å². The molecule has 2 rings (SSSR count). The summed E-state index contributed by atoms with van der Waals surface area (Å²) >= 11 is 0. The summed E-state index contributed by atoms with van der Waals surface area (Å²) in [7, 11) is 1.70. The van der Waals surface area contributed by atoms with Gasteiger partial charge in [-0.3, -0.25) is 0 Å². The molecule has 6 heteroatoms. The van der Waals surface area contributed by atoms with Crippen molar-refractivity contribution in [2.45, 2.75) is 38.1 Å². The van der Waals surface area contributed by atoms with Gasteiger partial charge in [0.2, 0.25) is 5.95 Å². The molecule has 0 amide bonds. The molecule has 1 aromatic rings. The van der Waals surface area contributed by atoms with E-state index in [4.69, 9.17) is 0 Å². The Morgan fingerprint density at radius 3 is 2.79 bits per heavy atom. The number of aromatic nitrogens is 2. The summed E-state index contributed by atoms with van der Waals surface area (Å²) in [6, 6.07) is 0.259. The topological polar surface area (TPSA) is 61.3 Å². The average molecular weight is 268 g/mol. The van der Waals surface area contributed by atoms with Crippen LogP contribution in [0, 0.1) is 5.82 Å². The van der Waals surface area contributed by atoms with Gasteiger partial charge < -0.3 is 15.3 Å². The molecular formula is C13H21FN4O. The Morgan fingerprint density at radius 1 is 1.42 bits per heavy atom. The zero-order chi connectivity index (χ0) is 13.7. The first-order valence-corrected chi connectivity index (χ1v) is 6.84. The van der Waals surface area contributed by atoms with Crippen molar-refractivity contribution in [1.29, 1.82) is 0 Å². The van der Waals surface area contributed by atoms with Gasteiger partial charge >= 0.3 is 0 Å². The van der Waals surface area contributed by atoms with Gasteiger partial charge in [-0.1, -0.05) is 19.3 Å². The van der Waals surface area contributed by atoms with Gasteiger partial charge in [-0.15, -0.1) is 0 Å². The maximum absolute atomic E-state index is 14.0. The molecule has 19 heavy (non-hydrogen) atoms. The number of aliphatic hydroxyl groups is 1.